The molecular weight excluding hydrogens is 533 g/mol. The van der Waals surface area contributed by atoms with Crippen molar-refractivity contribution in [2.24, 2.45) is 0 Å². The highest BCUT2D eigenvalue weighted by Gasteiger charge is 2.20. The van der Waals surface area contributed by atoms with Crippen LogP contribution < -0.4 is 16.0 Å². The monoisotopic (exact) mass is 560 g/mol. The third-order valence-corrected chi connectivity index (χ3v) is 7.98. The summed E-state index contributed by atoms with van der Waals surface area (Å²) in [4.78, 5) is 30.0. The van der Waals surface area contributed by atoms with Gasteiger partial charge in [0, 0.05) is 32.8 Å². The van der Waals surface area contributed by atoms with Gasteiger partial charge in [0.1, 0.15) is 0 Å². The quantitative estimate of drug-likeness (QED) is 0.110. The summed E-state index contributed by atoms with van der Waals surface area (Å²) in [6.07, 6.45) is 0.667. The van der Waals surface area contributed by atoms with Crippen LogP contribution in [0.1, 0.15) is 36.2 Å². The van der Waals surface area contributed by atoms with Crippen LogP contribution in [0.15, 0.2) is 83.1 Å². The van der Waals surface area contributed by atoms with Gasteiger partial charge in [0.15, 0.2) is 16.0 Å². The number of benzene rings is 3. The van der Waals surface area contributed by atoms with Gasteiger partial charge >= 0.3 is 0 Å². The summed E-state index contributed by atoms with van der Waals surface area (Å²) < 4.78 is 0. The van der Waals surface area contributed by atoms with Crippen molar-refractivity contribution in [3.05, 3.63) is 89.3 Å². The van der Waals surface area contributed by atoms with Crippen LogP contribution in [0.25, 0.3) is 11.3 Å². The minimum absolute atomic E-state index is 0.0179. The molecule has 1 heterocycles. The fourth-order valence-electron chi connectivity index (χ4n) is 3.59. The lowest BCUT2D eigenvalue weighted by Gasteiger charge is -2.15. The Balaban J connectivity index is 1.34. The first-order chi connectivity index (χ1) is 18.3. The Hall–Kier alpha value is -3.53. The van der Waals surface area contributed by atoms with Gasteiger partial charge in [-0.25, -0.2) is 4.98 Å². The van der Waals surface area contributed by atoms with E-state index < -0.39 is 0 Å². The SMILES string of the molecule is CCC(Sc1cccc(NC(=S)Nc2ccc(C(C)=O)cc2)c1)C(=O)Nc1nc(-c2ccc(C)cc2)cs1. The number of carbonyl (C=O) groups excluding carboxylic acids is 2. The highest BCUT2D eigenvalue weighted by molar-refractivity contribution is 8.00. The summed E-state index contributed by atoms with van der Waals surface area (Å²) in [5.74, 6) is -0.0591. The Kier molecular flexibility index (Phi) is 9.28. The van der Waals surface area contributed by atoms with Crippen LogP contribution in [-0.4, -0.2) is 27.0 Å². The minimum atomic E-state index is -0.276. The smallest absolute Gasteiger partial charge is 0.239 e. The van der Waals surface area contributed by atoms with Crippen molar-refractivity contribution in [2.45, 2.75) is 37.3 Å². The number of nitrogens with zero attached hydrogens (tertiary/aromatic N) is 1. The number of hydrogen-bond donors (Lipinski definition) is 3. The number of thiazole rings is 1. The second-order valence-electron chi connectivity index (χ2n) is 8.65. The molecule has 0 bridgehead atoms. The molecule has 0 aliphatic heterocycles. The Morgan fingerprint density at radius 3 is 2.37 bits per heavy atom. The van der Waals surface area contributed by atoms with Gasteiger partial charge < -0.3 is 16.0 Å². The lowest BCUT2D eigenvalue weighted by molar-refractivity contribution is -0.115. The van der Waals surface area contributed by atoms with E-state index in [2.05, 4.69) is 33.1 Å². The molecule has 3 N–H and O–H groups in total. The number of thiocarbonyl (C=S) groups is 1. The summed E-state index contributed by atoms with van der Waals surface area (Å²) >= 11 is 8.37. The normalized spacial score (nSPS) is 11.4. The first-order valence-electron chi connectivity index (χ1n) is 12.1. The molecule has 1 unspecified atom stereocenters. The molecule has 0 radical (unpaired) electrons. The maximum atomic E-state index is 13.0. The number of carbonyl (C=O) groups is 2. The second kappa shape index (κ2) is 12.8. The fourth-order valence-corrected chi connectivity index (χ4v) is 5.56. The molecule has 38 heavy (non-hydrogen) atoms. The number of aryl methyl sites for hydroxylation is 1. The number of anilines is 3. The van der Waals surface area contributed by atoms with Gasteiger partial charge in [0.05, 0.1) is 10.9 Å². The lowest BCUT2D eigenvalue weighted by Crippen LogP contribution is -2.24. The van der Waals surface area contributed by atoms with E-state index in [1.54, 1.807) is 12.1 Å². The summed E-state index contributed by atoms with van der Waals surface area (Å²) in [6, 6.07) is 23.1. The highest BCUT2D eigenvalue weighted by Crippen LogP contribution is 2.30. The van der Waals surface area contributed by atoms with Crippen molar-refractivity contribution >= 4 is 68.6 Å². The zero-order valence-corrected chi connectivity index (χ0v) is 23.7. The van der Waals surface area contributed by atoms with Gasteiger partial charge in [-0.2, -0.15) is 0 Å². The average molecular weight is 561 g/mol. The first kappa shape index (κ1) is 27.5. The molecule has 4 rings (SSSR count). The molecule has 0 saturated heterocycles. The van der Waals surface area contributed by atoms with E-state index in [-0.39, 0.29) is 16.9 Å². The number of thioether (sulfide) groups is 1. The molecule has 1 amide bonds. The molecule has 0 fully saturated rings. The molecule has 194 valence electrons. The van der Waals surface area contributed by atoms with Gasteiger partial charge in [-0.1, -0.05) is 42.8 Å². The van der Waals surface area contributed by atoms with Crippen molar-refractivity contribution in [1.29, 1.82) is 0 Å². The van der Waals surface area contributed by atoms with Crippen LogP contribution in [0.5, 0.6) is 0 Å². The van der Waals surface area contributed by atoms with E-state index >= 15 is 0 Å². The third kappa shape index (κ3) is 7.50. The van der Waals surface area contributed by atoms with E-state index in [1.165, 1.54) is 35.6 Å². The zero-order chi connectivity index (χ0) is 27.1. The van der Waals surface area contributed by atoms with E-state index in [0.29, 0.717) is 22.2 Å². The van der Waals surface area contributed by atoms with E-state index in [1.807, 2.05) is 67.8 Å². The van der Waals surface area contributed by atoms with Crippen LogP contribution in [0.4, 0.5) is 16.5 Å². The van der Waals surface area contributed by atoms with Gasteiger partial charge in [0.25, 0.3) is 0 Å². The minimum Gasteiger partial charge on any atom is -0.332 e. The molecule has 1 atom stereocenters. The number of ketones is 1. The molecule has 0 saturated carbocycles. The molecule has 9 heteroatoms. The van der Waals surface area contributed by atoms with Crippen LogP contribution in [0.3, 0.4) is 0 Å². The number of hydrogen-bond acceptors (Lipinski definition) is 6. The molecule has 1 aromatic heterocycles. The molecule has 4 aromatic rings. The van der Waals surface area contributed by atoms with Gasteiger partial charge in [-0.15, -0.1) is 23.1 Å². The molecule has 0 spiro atoms. The van der Waals surface area contributed by atoms with E-state index in [4.69, 9.17) is 12.2 Å². The maximum absolute atomic E-state index is 13.0. The summed E-state index contributed by atoms with van der Waals surface area (Å²) in [5.41, 5.74) is 5.32. The van der Waals surface area contributed by atoms with Crippen LogP contribution >= 0.6 is 35.3 Å². The second-order valence-corrected chi connectivity index (χ2v) is 11.2. The van der Waals surface area contributed by atoms with Crippen molar-refractivity contribution in [3.63, 3.8) is 0 Å². The van der Waals surface area contributed by atoms with Gasteiger partial charge in [-0.05, 0) is 75.0 Å². The standard InChI is InChI=1S/C29H28N4O2S3/c1-4-26(27(35)33-29-32-25(17-37-29)21-10-8-18(2)9-11-21)38-24-7-5-6-23(16-24)31-28(36)30-22-14-12-20(13-15-22)19(3)34/h5-17,26H,4H2,1-3H3,(H2,30,31,36)(H,32,33,35). The maximum Gasteiger partial charge on any atom is 0.239 e. The van der Waals surface area contributed by atoms with Crippen LogP contribution in [0.2, 0.25) is 0 Å². The number of rotatable bonds is 9. The fraction of sp³-hybridized carbons (Fsp3) is 0.172. The van der Waals surface area contributed by atoms with Crippen molar-refractivity contribution in [3.8, 4) is 11.3 Å². The molecule has 3 aromatic carbocycles. The molecule has 6 nitrogen and oxygen atoms in total. The number of Topliss-reactive ketones (excluding diaryl/α,β-unsaturated/α-hetero) is 1. The summed E-state index contributed by atoms with van der Waals surface area (Å²) in [7, 11) is 0. The Labute approximate surface area is 236 Å². The Morgan fingerprint density at radius 2 is 1.68 bits per heavy atom. The van der Waals surface area contributed by atoms with Crippen molar-refractivity contribution in [1.82, 2.24) is 4.98 Å². The first-order valence-corrected chi connectivity index (χ1v) is 14.3. The lowest BCUT2D eigenvalue weighted by atomic mass is 10.1. The van der Waals surface area contributed by atoms with Crippen LogP contribution in [-0.2, 0) is 4.79 Å². The number of amides is 1. The summed E-state index contributed by atoms with van der Waals surface area (Å²) in [6.45, 7) is 5.58. The van der Waals surface area contributed by atoms with Gasteiger partial charge in [-0.3, -0.25) is 9.59 Å². The number of aromatic nitrogens is 1. The van der Waals surface area contributed by atoms with E-state index in [0.717, 1.165) is 27.5 Å². The average Bonchev–Trinajstić information content (AvgIpc) is 3.36. The predicted molar refractivity (Wildman–Crippen MR) is 164 cm³/mol. The number of nitrogens with one attached hydrogen (secondary N) is 3. The van der Waals surface area contributed by atoms with Gasteiger partial charge in [0.2, 0.25) is 5.91 Å². The predicted octanol–water partition coefficient (Wildman–Crippen LogP) is 7.64. The molecular formula is C29H28N4O2S3. The molecule has 0 aliphatic carbocycles. The van der Waals surface area contributed by atoms with Crippen LogP contribution in [0, 0.1) is 6.92 Å². The van der Waals surface area contributed by atoms with E-state index in [9.17, 15) is 9.59 Å². The highest BCUT2D eigenvalue weighted by atomic mass is 32.2. The zero-order valence-electron chi connectivity index (χ0n) is 21.3. The largest absolute Gasteiger partial charge is 0.332 e. The topological polar surface area (TPSA) is 83.1 Å². The Morgan fingerprint density at radius 1 is 0.974 bits per heavy atom. The molecule has 0 aliphatic rings. The van der Waals surface area contributed by atoms with Crippen molar-refractivity contribution in [2.75, 3.05) is 16.0 Å². The third-order valence-electron chi connectivity index (χ3n) is 5.66. The Bertz CT molecular complexity index is 1430. The van der Waals surface area contributed by atoms with Crippen molar-refractivity contribution < 1.29 is 9.59 Å². The summed E-state index contributed by atoms with van der Waals surface area (Å²) in [5, 5.41) is 12.0.